The largest absolute Gasteiger partial charge is 0.481 e. The molecule has 7 heteroatoms. The average Bonchev–Trinajstić information content (AvgIpc) is 2.62. The van der Waals surface area contributed by atoms with E-state index in [-0.39, 0.29) is 18.4 Å². The molecule has 5 nitrogen and oxygen atoms in total. The Morgan fingerprint density at radius 3 is 2.89 bits per heavy atom. The molecule has 0 aromatic rings. The number of nitrogens with zero attached hydrogens (tertiary/aromatic N) is 1. The molecule has 106 valence electrons. The Labute approximate surface area is 122 Å². The van der Waals surface area contributed by atoms with Crippen LogP contribution in [0.5, 0.6) is 0 Å². The monoisotopic (exact) mass is 303 g/mol. The number of carbonyl (C=O) groups is 2. The summed E-state index contributed by atoms with van der Waals surface area (Å²) in [6.07, 6.45) is 2.97. The standard InChI is InChI=1S/C12H17NO4S2/c1-8(17-2)5-6-9-11(16)13(12(18)19-9)7-3-4-10(14)15/h6,8H,3-5,7H2,1-2H3,(H,14,15)/b9-6-. The molecule has 1 N–H and O–H groups in total. The Kier molecular flexibility index (Phi) is 6.47. The van der Waals surface area contributed by atoms with Crippen LogP contribution in [0.3, 0.4) is 0 Å². The van der Waals surface area contributed by atoms with Gasteiger partial charge < -0.3 is 9.84 Å². The number of hydrogen-bond donors (Lipinski definition) is 1. The van der Waals surface area contributed by atoms with Crippen LogP contribution in [0, 0.1) is 0 Å². The van der Waals surface area contributed by atoms with Gasteiger partial charge in [0.25, 0.3) is 5.91 Å². The highest BCUT2D eigenvalue weighted by molar-refractivity contribution is 8.26. The van der Waals surface area contributed by atoms with Crippen molar-refractivity contribution >= 4 is 40.2 Å². The van der Waals surface area contributed by atoms with E-state index in [4.69, 9.17) is 22.1 Å². The molecule has 0 radical (unpaired) electrons. The van der Waals surface area contributed by atoms with Crippen molar-refractivity contribution in [2.75, 3.05) is 13.7 Å². The minimum absolute atomic E-state index is 0.0385. The van der Waals surface area contributed by atoms with E-state index in [9.17, 15) is 9.59 Å². The smallest absolute Gasteiger partial charge is 0.303 e. The number of rotatable bonds is 7. The normalized spacial score (nSPS) is 19.3. The number of methoxy groups -OCH3 is 1. The van der Waals surface area contributed by atoms with Crippen LogP contribution < -0.4 is 0 Å². The van der Waals surface area contributed by atoms with Crippen molar-refractivity contribution in [1.29, 1.82) is 0 Å². The van der Waals surface area contributed by atoms with Gasteiger partial charge in [-0.2, -0.15) is 0 Å². The minimum atomic E-state index is -0.866. The molecule has 1 saturated heterocycles. The first-order valence-corrected chi connectivity index (χ1v) is 7.16. The van der Waals surface area contributed by atoms with Gasteiger partial charge in [0.1, 0.15) is 4.32 Å². The SMILES string of the molecule is COC(C)C/C=C1\SC(=S)N(CCCC(=O)O)C1=O. The van der Waals surface area contributed by atoms with Crippen LogP contribution in [-0.2, 0) is 14.3 Å². The van der Waals surface area contributed by atoms with E-state index in [1.165, 1.54) is 16.7 Å². The van der Waals surface area contributed by atoms with Crippen molar-refractivity contribution in [3.8, 4) is 0 Å². The van der Waals surface area contributed by atoms with E-state index in [2.05, 4.69) is 0 Å². The van der Waals surface area contributed by atoms with E-state index >= 15 is 0 Å². The lowest BCUT2D eigenvalue weighted by molar-refractivity contribution is -0.137. The van der Waals surface area contributed by atoms with Gasteiger partial charge in [-0.3, -0.25) is 14.5 Å². The lowest BCUT2D eigenvalue weighted by atomic mass is 10.2. The third-order valence-electron chi connectivity index (χ3n) is 2.68. The van der Waals surface area contributed by atoms with E-state index in [0.29, 0.717) is 28.6 Å². The average molecular weight is 303 g/mol. The minimum Gasteiger partial charge on any atom is -0.481 e. The van der Waals surface area contributed by atoms with Crippen molar-refractivity contribution < 1.29 is 19.4 Å². The quantitative estimate of drug-likeness (QED) is 0.573. The summed E-state index contributed by atoms with van der Waals surface area (Å²) in [5.74, 6) is -1.00. The van der Waals surface area contributed by atoms with Crippen molar-refractivity contribution in [1.82, 2.24) is 4.90 Å². The van der Waals surface area contributed by atoms with Gasteiger partial charge in [0, 0.05) is 20.1 Å². The number of ether oxygens (including phenoxy) is 1. The Morgan fingerprint density at radius 2 is 2.32 bits per heavy atom. The number of carboxylic acid groups (broad SMARTS) is 1. The lowest BCUT2D eigenvalue weighted by Gasteiger charge is -2.13. The number of amides is 1. The predicted octanol–water partition coefficient (Wildman–Crippen LogP) is 2.02. The second kappa shape index (κ2) is 7.62. The van der Waals surface area contributed by atoms with E-state index in [1.807, 2.05) is 13.0 Å². The molecule has 0 saturated carbocycles. The first kappa shape index (κ1) is 16.1. The molecule has 1 amide bonds. The Bertz CT molecular complexity index is 409. The van der Waals surface area contributed by atoms with Gasteiger partial charge in [0.2, 0.25) is 0 Å². The summed E-state index contributed by atoms with van der Waals surface area (Å²) in [6, 6.07) is 0. The molecule has 1 rings (SSSR count). The van der Waals surface area contributed by atoms with Crippen molar-refractivity contribution in [3.63, 3.8) is 0 Å². The van der Waals surface area contributed by atoms with Crippen LogP contribution in [0.4, 0.5) is 0 Å². The molecular weight excluding hydrogens is 286 g/mol. The molecule has 19 heavy (non-hydrogen) atoms. The van der Waals surface area contributed by atoms with Crippen LogP contribution in [-0.4, -0.2) is 46.0 Å². The fourth-order valence-corrected chi connectivity index (χ4v) is 2.78. The van der Waals surface area contributed by atoms with E-state index < -0.39 is 5.97 Å². The van der Waals surface area contributed by atoms with Gasteiger partial charge in [0.15, 0.2) is 0 Å². The summed E-state index contributed by atoms with van der Waals surface area (Å²) in [5, 5.41) is 8.58. The topological polar surface area (TPSA) is 66.8 Å². The highest BCUT2D eigenvalue weighted by atomic mass is 32.2. The van der Waals surface area contributed by atoms with Crippen molar-refractivity contribution in [2.45, 2.75) is 32.3 Å². The maximum atomic E-state index is 12.1. The Balaban J connectivity index is 2.55. The van der Waals surface area contributed by atoms with E-state index in [0.717, 1.165) is 0 Å². The maximum absolute atomic E-state index is 12.1. The van der Waals surface area contributed by atoms with Crippen LogP contribution in [0.25, 0.3) is 0 Å². The predicted molar refractivity (Wildman–Crippen MR) is 77.9 cm³/mol. The summed E-state index contributed by atoms with van der Waals surface area (Å²) >= 11 is 6.39. The molecule has 1 fully saturated rings. The van der Waals surface area contributed by atoms with Gasteiger partial charge >= 0.3 is 5.97 Å². The fourth-order valence-electron chi connectivity index (χ4n) is 1.49. The second-order valence-electron chi connectivity index (χ2n) is 4.17. The molecular formula is C12H17NO4S2. The molecule has 1 unspecified atom stereocenters. The van der Waals surface area contributed by atoms with Gasteiger partial charge in [-0.05, 0) is 19.8 Å². The first-order chi connectivity index (χ1) is 8.95. The zero-order valence-corrected chi connectivity index (χ0v) is 12.6. The molecule has 0 aromatic carbocycles. The molecule has 1 heterocycles. The van der Waals surface area contributed by atoms with Crippen LogP contribution >= 0.6 is 24.0 Å². The summed E-state index contributed by atoms with van der Waals surface area (Å²) in [4.78, 5) is 24.6. The summed E-state index contributed by atoms with van der Waals surface area (Å²) in [7, 11) is 1.62. The number of hydrogen-bond acceptors (Lipinski definition) is 5. The number of carboxylic acids is 1. The van der Waals surface area contributed by atoms with Gasteiger partial charge in [-0.15, -0.1) is 0 Å². The Morgan fingerprint density at radius 1 is 1.63 bits per heavy atom. The molecule has 0 bridgehead atoms. The highest BCUT2D eigenvalue weighted by Crippen LogP contribution is 2.31. The summed E-state index contributed by atoms with van der Waals surface area (Å²) < 4.78 is 5.61. The highest BCUT2D eigenvalue weighted by Gasteiger charge is 2.31. The van der Waals surface area contributed by atoms with E-state index in [1.54, 1.807) is 7.11 Å². The lowest BCUT2D eigenvalue weighted by Crippen LogP contribution is -2.29. The second-order valence-corrected chi connectivity index (χ2v) is 5.85. The van der Waals surface area contributed by atoms with Crippen LogP contribution in [0.15, 0.2) is 11.0 Å². The van der Waals surface area contributed by atoms with Gasteiger partial charge in [-0.25, -0.2) is 0 Å². The van der Waals surface area contributed by atoms with Crippen LogP contribution in [0.2, 0.25) is 0 Å². The van der Waals surface area contributed by atoms with Gasteiger partial charge in [0.05, 0.1) is 11.0 Å². The van der Waals surface area contributed by atoms with Crippen molar-refractivity contribution in [3.05, 3.63) is 11.0 Å². The molecule has 1 aliphatic rings. The maximum Gasteiger partial charge on any atom is 0.303 e. The molecule has 0 aromatic heterocycles. The zero-order chi connectivity index (χ0) is 14.4. The molecule has 0 spiro atoms. The third kappa shape index (κ3) is 4.93. The number of carbonyl (C=O) groups excluding carboxylic acids is 1. The number of thiocarbonyl (C=S) groups is 1. The zero-order valence-electron chi connectivity index (χ0n) is 10.9. The summed E-state index contributed by atoms with van der Waals surface area (Å²) in [6.45, 7) is 2.28. The first-order valence-electron chi connectivity index (χ1n) is 5.94. The molecule has 1 aliphatic heterocycles. The van der Waals surface area contributed by atoms with Gasteiger partial charge in [-0.1, -0.05) is 30.1 Å². The third-order valence-corrected chi connectivity index (χ3v) is 4.11. The number of aliphatic carboxylic acids is 1. The van der Waals surface area contributed by atoms with Crippen molar-refractivity contribution in [2.24, 2.45) is 0 Å². The van der Waals surface area contributed by atoms with Crippen LogP contribution in [0.1, 0.15) is 26.2 Å². The Hall–Kier alpha value is -0.920. The molecule has 1 atom stereocenters. The summed E-state index contributed by atoms with van der Waals surface area (Å²) in [5.41, 5.74) is 0. The molecule has 0 aliphatic carbocycles. The number of thioether (sulfide) groups is 1. The fraction of sp³-hybridized carbons (Fsp3) is 0.583.